The van der Waals surface area contributed by atoms with E-state index in [1.165, 1.54) is 6.07 Å². The Morgan fingerprint density at radius 2 is 1.57 bits per heavy atom. The monoisotopic (exact) mass is 600 g/mol. The van der Waals surface area contributed by atoms with E-state index >= 15 is 0 Å². The summed E-state index contributed by atoms with van der Waals surface area (Å²) in [4.78, 5) is 32.2. The van der Waals surface area contributed by atoms with Crippen molar-refractivity contribution in [1.29, 1.82) is 0 Å². The molecule has 2 amide bonds. The molecule has 0 spiro atoms. The molecule has 2 aliphatic heterocycles. The summed E-state index contributed by atoms with van der Waals surface area (Å²) in [5.74, 6) is 0.0427. The molecule has 1 fully saturated rings. The van der Waals surface area contributed by atoms with E-state index in [9.17, 15) is 24.9 Å². The molecule has 2 aliphatic rings. The van der Waals surface area contributed by atoms with Crippen LogP contribution in [-0.4, -0.2) is 76.8 Å². The molecule has 5 rings (SSSR count). The lowest BCUT2D eigenvalue weighted by Crippen LogP contribution is -2.51. The Kier molecular flexibility index (Phi) is 8.57. The number of amides is 2. The average Bonchev–Trinajstić information content (AvgIpc) is 3.44. The Hall–Kier alpha value is -4.93. The molecule has 3 aromatic carbocycles. The predicted octanol–water partition coefficient (Wildman–Crippen LogP) is 3.74. The van der Waals surface area contributed by atoms with Crippen molar-refractivity contribution >= 4 is 29.0 Å². The quantitative estimate of drug-likeness (QED) is 0.276. The standard InChI is InChI=1S/C33H40N6O5/c1-6-34-32(43)31-36-35-30(26-17-25(19(2)3)27(40)18-28(26)41)39(31)23-9-7-22(8-10-23)33(44)38-13-11-37(12-14-38)24-15-20(4)29(42)21(5)16-24/h7-10,15-19,31,36,40-42H,6,11-14H2,1-5H3,(H,34,43). The summed E-state index contributed by atoms with van der Waals surface area (Å²) in [5, 5.41) is 38.5. The van der Waals surface area contributed by atoms with Crippen molar-refractivity contribution in [2.24, 2.45) is 5.10 Å². The number of benzene rings is 3. The number of likely N-dealkylation sites (N-methyl/N-ethyl adjacent to an activating group) is 1. The van der Waals surface area contributed by atoms with Crippen molar-refractivity contribution < 1.29 is 24.9 Å². The van der Waals surface area contributed by atoms with E-state index in [-0.39, 0.29) is 29.2 Å². The van der Waals surface area contributed by atoms with Gasteiger partial charge < -0.3 is 30.4 Å². The first-order valence-corrected chi connectivity index (χ1v) is 14.9. The number of phenols is 3. The first-order valence-electron chi connectivity index (χ1n) is 14.9. The molecule has 1 atom stereocenters. The number of hydrogen-bond donors (Lipinski definition) is 5. The van der Waals surface area contributed by atoms with Crippen molar-refractivity contribution in [3.8, 4) is 17.2 Å². The molecule has 44 heavy (non-hydrogen) atoms. The molecule has 232 valence electrons. The number of hydrogen-bond acceptors (Lipinski definition) is 9. The van der Waals surface area contributed by atoms with Crippen LogP contribution < -0.4 is 20.5 Å². The fraction of sp³-hybridized carbons (Fsp3) is 0.364. The number of nitrogens with one attached hydrogen (secondary N) is 2. The van der Waals surface area contributed by atoms with Crippen LogP contribution in [0.2, 0.25) is 0 Å². The third-order valence-corrected chi connectivity index (χ3v) is 8.19. The number of carbonyl (C=O) groups is 2. The number of piperazine rings is 1. The lowest BCUT2D eigenvalue weighted by molar-refractivity contribution is -0.122. The number of hydrazone groups is 1. The number of anilines is 2. The normalized spacial score (nSPS) is 16.6. The van der Waals surface area contributed by atoms with Gasteiger partial charge in [-0.15, -0.1) is 0 Å². The summed E-state index contributed by atoms with van der Waals surface area (Å²) in [7, 11) is 0. The molecular formula is C33H40N6O5. The molecule has 11 heteroatoms. The van der Waals surface area contributed by atoms with Crippen LogP contribution in [0.5, 0.6) is 17.2 Å². The zero-order valence-electron chi connectivity index (χ0n) is 25.8. The molecule has 5 N–H and O–H groups in total. The zero-order chi connectivity index (χ0) is 31.7. The van der Waals surface area contributed by atoms with E-state index in [0.717, 1.165) is 16.8 Å². The van der Waals surface area contributed by atoms with Gasteiger partial charge in [-0.2, -0.15) is 5.10 Å². The van der Waals surface area contributed by atoms with Crippen LogP contribution in [0.25, 0.3) is 0 Å². The van der Waals surface area contributed by atoms with Crippen LogP contribution in [-0.2, 0) is 4.79 Å². The van der Waals surface area contributed by atoms with E-state index in [1.807, 2.05) is 51.7 Å². The Morgan fingerprint density at radius 1 is 0.932 bits per heavy atom. The molecule has 11 nitrogen and oxygen atoms in total. The molecular weight excluding hydrogens is 560 g/mol. The van der Waals surface area contributed by atoms with Gasteiger partial charge in [0.25, 0.3) is 11.8 Å². The van der Waals surface area contributed by atoms with E-state index in [2.05, 4.69) is 20.7 Å². The highest BCUT2D eigenvalue weighted by Gasteiger charge is 2.36. The maximum Gasteiger partial charge on any atom is 0.265 e. The SMILES string of the molecule is CCNC(=O)C1NN=C(c2cc(C(C)C)c(O)cc2O)N1c1ccc(C(=O)N2CCN(c3cc(C)c(O)c(C)c3)CC2)cc1. The summed E-state index contributed by atoms with van der Waals surface area (Å²) in [6, 6.07) is 13.9. The first-order chi connectivity index (χ1) is 21.0. The Bertz CT molecular complexity index is 1570. The molecule has 3 aromatic rings. The van der Waals surface area contributed by atoms with Crippen LogP contribution in [0.1, 0.15) is 59.3 Å². The predicted molar refractivity (Wildman–Crippen MR) is 171 cm³/mol. The lowest BCUT2D eigenvalue weighted by Gasteiger charge is -2.36. The van der Waals surface area contributed by atoms with Gasteiger partial charge in [-0.1, -0.05) is 13.8 Å². The van der Waals surface area contributed by atoms with E-state index in [0.29, 0.717) is 66.7 Å². The number of carbonyl (C=O) groups excluding carboxylic acids is 2. The fourth-order valence-corrected chi connectivity index (χ4v) is 5.73. The van der Waals surface area contributed by atoms with Crippen molar-refractivity contribution in [2.45, 2.75) is 46.7 Å². The van der Waals surface area contributed by atoms with Gasteiger partial charge in [0, 0.05) is 55.7 Å². The third-order valence-electron chi connectivity index (χ3n) is 8.19. The number of rotatable bonds is 7. The highest BCUT2D eigenvalue weighted by Crippen LogP contribution is 2.35. The van der Waals surface area contributed by atoms with Gasteiger partial charge in [0.15, 0.2) is 5.84 Å². The minimum atomic E-state index is -0.887. The van der Waals surface area contributed by atoms with Gasteiger partial charge in [0.05, 0.1) is 5.56 Å². The molecule has 0 bridgehead atoms. The van der Waals surface area contributed by atoms with E-state index in [1.54, 1.807) is 35.2 Å². The van der Waals surface area contributed by atoms with Gasteiger partial charge in [-0.05, 0) is 85.8 Å². The lowest BCUT2D eigenvalue weighted by atomic mass is 9.98. The maximum atomic E-state index is 13.5. The van der Waals surface area contributed by atoms with Crippen molar-refractivity contribution in [3.05, 3.63) is 76.3 Å². The fourth-order valence-electron chi connectivity index (χ4n) is 5.73. The third kappa shape index (κ3) is 5.82. The summed E-state index contributed by atoms with van der Waals surface area (Å²) in [6.45, 7) is 12.4. The molecule has 0 radical (unpaired) electrons. The van der Waals surface area contributed by atoms with Crippen LogP contribution in [0.15, 0.2) is 53.6 Å². The van der Waals surface area contributed by atoms with Gasteiger partial charge in [0.2, 0.25) is 6.17 Å². The molecule has 0 aromatic heterocycles. The number of nitrogens with zero attached hydrogens (tertiary/aromatic N) is 4. The Morgan fingerprint density at radius 3 is 2.16 bits per heavy atom. The molecule has 0 aliphatic carbocycles. The topological polar surface area (TPSA) is 141 Å². The smallest absolute Gasteiger partial charge is 0.265 e. The van der Waals surface area contributed by atoms with Crippen LogP contribution >= 0.6 is 0 Å². The number of aromatic hydroxyl groups is 3. The Labute approximate surface area is 257 Å². The summed E-state index contributed by atoms with van der Waals surface area (Å²) in [6.07, 6.45) is -0.887. The van der Waals surface area contributed by atoms with Gasteiger partial charge in [0.1, 0.15) is 17.2 Å². The second-order valence-corrected chi connectivity index (χ2v) is 11.6. The highest BCUT2D eigenvalue weighted by atomic mass is 16.3. The number of phenolic OH excluding ortho intramolecular Hbond substituents is 3. The molecule has 1 unspecified atom stereocenters. The summed E-state index contributed by atoms with van der Waals surface area (Å²) >= 11 is 0. The molecule has 0 saturated carbocycles. The number of amidine groups is 1. The Balaban J connectivity index is 1.36. The highest BCUT2D eigenvalue weighted by molar-refractivity contribution is 6.16. The summed E-state index contributed by atoms with van der Waals surface area (Å²) < 4.78 is 0. The largest absolute Gasteiger partial charge is 0.508 e. The van der Waals surface area contributed by atoms with Gasteiger partial charge >= 0.3 is 0 Å². The van der Waals surface area contributed by atoms with Crippen LogP contribution in [0.4, 0.5) is 11.4 Å². The van der Waals surface area contributed by atoms with E-state index in [4.69, 9.17) is 0 Å². The van der Waals surface area contributed by atoms with Crippen molar-refractivity contribution in [3.63, 3.8) is 0 Å². The minimum Gasteiger partial charge on any atom is -0.508 e. The molecule has 1 saturated heterocycles. The minimum absolute atomic E-state index is 0.0153. The second-order valence-electron chi connectivity index (χ2n) is 11.6. The van der Waals surface area contributed by atoms with Crippen molar-refractivity contribution in [1.82, 2.24) is 15.6 Å². The number of aryl methyl sites for hydroxylation is 2. The second kappa shape index (κ2) is 12.4. The van der Waals surface area contributed by atoms with Crippen molar-refractivity contribution in [2.75, 3.05) is 42.5 Å². The molecule has 2 heterocycles. The summed E-state index contributed by atoms with van der Waals surface area (Å²) in [5.41, 5.74) is 7.70. The van der Waals surface area contributed by atoms with Crippen LogP contribution in [0.3, 0.4) is 0 Å². The maximum absolute atomic E-state index is 13.5. The zero-order valence-corrected chi connectivity index (χ0v) is 25.8. The van der Waals surface area contributed by atoms with E-state index < -0.39 is 6.17 Å². The average molecular weight is 601 g/mol. The van der Waals surface area contributed by atoms with Gasteiger partial charge in [-0.25, -0.2) is 0 Å². The first kappa shape index (κ1) is 30.5. The van der Waals surface area contributed by atoms with Crippen LogP contribution in [0, 0.1) is 13.8 Å². The van der Waals surface area contributed by atoms with Gasteiger partial charge in [-0.3, -0.25) is 19.9 Å².